The fraction of sp³-hybridized carbons (Fsp3) is 0.483. The van der Waals surface area contributed by atoms with Gasteiger partial charge in [-0.2, -0.15) is 0 Å². The summed E-state index contributed by atoms with van der Waals surface area (Å²) in [6.45, 7) is 6.83. The molecule has 220 valence electrons. The molecule has 1 aromatic carbocycles. The molecule has 12 heteroatoms. The van der Waals surface area contributed by atoms with Crippen LogP contribution in [0.25, 0.3) is 0 Å². The topological polar surface area (TPSA) is 124 Å². The third-order valence-corrected chi connectivity index (χ3v) is 9.11. The SMILES string of the molecule is CCCCn1c(CNC(=O)c2ccc(OC)cc2)nnc1SC(C)C(=O)Nc1sc2c(c1C(=O)OCC)CCCC2. The van der Waals surface area contributed by atoms with E-state index in [9.17, 15) is 14.4 Å². The molecule has 10 nitrogen and oxygen atoms in total. The molecule has 1 aliphatic carbocycles. The molecule has 0 spiro atoms. The van der Waals surface area contributed by atoms with Crippen LogP contribution in [0.2, 0.25) is 0 Å². The number of hydrogen-bond donors (Lipinski definition) is 2. The van der Waals surface area contributed by atoms with Crippen molar-refractivity contribution in [2.45, 2.75) is 82.8 Å². The zero-order valence-corrected chi connectivity index (χ0v) is 25.6. The number of thiophene rings is 1. The molecule has 4 rings (SSSR count). The molecule has 2 heterocycles. The van der Waals surface area contributed by atoms with Gasteiger partial charge in [-0.15, -0.1) is 21.5 Å². The minimum Gasteiger partial charge on any atom is -0.497 e. The van der Waals surface area contributed by atoms with E-state index in [-0.39, 0.29) is 30.9 Å². The zero-order valence-electron chi connectivity index (χ0n) is 24.0. The van der Waals surface area contributed by atoms with Crippen LogP contribution in [0.1, 0.15) is 83.4 Å². The average Bonchev–Trinajstić information content (AvgIpc) is 3.54. The first-order chi connectivity index (χ1) is 19.9. The van der Waals surface area contributed by atoms with E-state index in [1.54, 1.807) is 38.3 Å². The smallest absolute Gasteiger partial charge is 0.341 e. The van der Waals surface area contributed by atoms with E-state index >= 15 is 0 Å². The van der Waals surface area contributed by atoms with Gasteiger partial charge < -0.3 is 24.7 Å². The van der Waals surface area contributed by atoms with Gasteiger partial charge in [0.1, 0.15) is 10.8 Å². The number of fused-ring (bicyclic) bond motifs is 1. The predicted octanol–water partition coefficient (Wildman–Crippen LogP) is 5.25. The second kappa shape index (κ2) is 14.5. The Balaban J connectivity index is 1.45. The highest BCUT2D eigenvalue weighted by molar-refractivity contribution is 8.00. The van der Waals surface area contributed by atoms with Gasteiger partial charge in [0.25, 0.3) is 5.91 Å². The molecule has 0 aliphatic heterocycles. The Morgan fingerprint density at radius 3 is 2.59 bits per heavy atom. The Morgan fingerprint density at radius 1 is 1.12 bits per heavy atom. The molecule has 2 amide bonds. The van der Waals surface area contributed by atoms with Crippen molar-refractivity contribution >= 4 is 45.9 Å². The lowest BCUT2D eigenvalue weighted by molar-refractivity contribution is -0.115. The van der Waals surface area contributed by atoms with Crippen molar-refractivity contribution in [3.8, 4) is 5.75 Å². The normalized spacial score (nSPS) is 13.3. The highest BCUT2D eigenvalue weighted by atomic mass is 32.2. The Kier molecular flexibility index (Phi) is 10.8. The van der Waals surface area contributed by atoms with Crippen LogP contribution in [0, 0.1) is 0 Å². The van der Waals surface area contributed by atoms with Crippen molar-refractivity contribution in [1.29, 1.82) is 0 Å². The molecule has 3 aromatic rings. The highest BCUT2D eigenvalue weighted by Gasteiger charge is 2.29. The van der Waals surface area contributed by atoms with E-state index in [0.29, 0.717) is 39.4 Å². The van der Waals surface area contributed by atoms with Crippen molar-refractivity contribution in [1.82, 2.24) is 20.1 Å². The molecule has 0 saturated carbocycles. The maximum Gasteiger partial charge on any atom is 0.341 e. The van der Waals surface area contributed by atoms with Crippen molar-refractivity contribution < 1.29 is 23.9 Å². The van der Waals surface area contributed by atoms with E-state index in [1.807, 2.05) is 11.5 Å². The number of aryl methyl sites for hydroxylation is 1. The number of thioether (sulfide) groups is 1. The van der Waals surface area contributed by atoms with Crippen molar-refractivity contribution in [3.05, 3.63) is 51.7 Å². The quantitative estimate of drug-likeness (QED) is 0.202. The van der Waals surface area contributed by atoms with E-state index in [1.165, 1.54) is 23.1 Å². The molecule has 1 atom stereocenters. The molecule has 0 radical (unpaired) electrons. The number of carbonyl (C=O) groups excluding carboxylic acids is 3. The summed E-state index contributed by atoms with van der Waals surface area (Å²) in [5, 5.41) is 15.2. The van der Waals surface area contributed by atoms with Gasteiger partial charge in [-0.25, -0.2) is 4.79 Å². The second-order valence-corrected chi connectivity index (χ2v) is 12.1. The van der Waals surface area contributed by atoms with Gasteiger partial charge in [0, 0.05) is 17.0 Å². The Bertz CT molecular complexity index is 1370. The van der Waals surface area contributed by atoms with Crippen LogP contribution < -0.4 is 15.4 Å². The lowest BCUT2D eigenvalue weighted by Gasteiger charge is -2.14. The number of nitrogens with zero attached hydrogens (tertiary/aromatic N) is 3. The van der Waals surface area contributed by atoms with Crippen molar-refractivity contribution in [2.75, 3.05) is 19.0 Å². The van der Waals surface area contributed by atoms with Crippen molar-refractivity contribution in [2.24, 2.45) is 0 Å². The van der Waals surface area contributed by atoms with Crippen LogP contribution in [-0.2, 0) is 35.5 Å². The molecule has 0 bridgehead atoms. The standard InChI is InChI=1S/C29H37N5O5S2/c1-5-7-16-34-23(17-30-26(36)19-12-14-20(38-4)15-13-19)32-33-29(34)40-18(3)25(35)31-27-24(28(37)39-6-2)21-10-8-9-11-22(21)41-27/h12-15,18H,5-11,16-17H2,1-4H3,(H,30,36)(H,31,35). The first-order valence-corrected chi connectivity index (χ1v) is 15.7. The number of anilines is 1. The summed E-state index contributed by atoms with van der Waals surface area (Å²) in [5.41, 5.74) is 2.02. The lowest BCUT2D eigenvalue weighted by Crippen LogP contribution is -2.25. The number of hydrogen-bond acceptors (Lipinski definition) is 9. The van der Waals surface area contributed by atoms with Gasteiger partial charge in [0.15, 0.2) is 11.0 Å². The summed E-state index contributed by atoms with van der Waals surface area (Å²) < 4.78 is 12.4. The fourth-order valence-corrected chi connectivity index (χ4v) is 6.75. The Hall–Kier alpha value is -3.38. The van der Waals surface area contributed by atoms with Gasteiger partial charge in [-0.1, -0.05) is 25.1 Å². The molecule has 41 heavy (non-hydrogen) atoms. The van der Waals surface area contributed by atoms with E-state index in [2.05, 4.69) is 27.8 Å². The third-order valence-electron chi connectivity index (χ3n) is 6.83. The van der Waals surface area contributed by atoms with E-state index in [0.717, 1.165) is 49.0 Å². The van der Waals surface area contributed by atoms with Crippen LogP contribution >= 0.6 is 23.1 Å². The van der Waals surface area contributed by atoms with Gasteiger partial charge >= 0.3 is 5.97 Å². The number of methoxy groups -OCH3 is 1. The van der Waals surface area contributed by atoms with Crippen LogP contribution in [0.4, 0.5) is 5.00 Å². The van der Waals surface area contributed by atoms with Crippen molar-refractivity contribution in [3.63, 3.8) is 0 Å². The minimum absolute atomic E-state index is 0.201. The number of amides is 2. The molecular formula is C29H37N5O5S2. The van der Waals surface area contributed by atoms with Gasteiger partial charge in [-0.3, -0.25) is 9.59 Å². The number of ether oxygens (including phenoxy) is 2. The summed E-state index contributed by atoms with van der Waals surface area (Å²) in [5.74, 6) is 0.458. The largest absolute Gasteiger partial charge is 0.497 e. The molecular weight excluding hydrogens is 562 g/mol. The zero-order chi connectivity index (χ0) is 29.4. The number of rotatable bonds is 13. The molecule has 2 N–H and O–H groups in total. The van der Waals surface area contributed by atoms with Crippen LogP contribution in [0.3, 0.4) is 0 Å². The summed E-state index contributed by atoms with van der Waals surface area (Å²) in [4.78, 5) is 39.9. The van der Waals surface area contributed by atoms with Gasteiger partial charge in [0.05, 0.1) is 31.1 Å². The van der Waals surface area contributed by atoms with Crippen LogP contribution in [0.5, 0.6) is 5.75 Å². The predicted molar refractivity (Wildman–Crippen MR) is 160 cm³/mol. The Morgan fingerprint density at radius 2 is 1.88 bits per heavy atom. The summed E-state index contributed by atoms with van der Waals surface area (Å²) >= 11 is 2.78. The number of carbonyl (C=O) groups is 3. The fourth-order valence-electron chi connectivity index (χ4n) is 4.58. The van der Waals surface area contributed by atoms with Gasteiger partial charge in [0.2, 0.25) is 5.91 Å². The highest BCUT2D eigenvalue weighted by Crippen LogP contribution is 2.39. The average molecular weight is 600 g/mol. The maximum absolute atomic E-state index is 13.3. The maximum atomic E-state index is 13.3. The van der Waals surface area contributed by atoms with Crippen LogP contribution in [-0.4, -0.2) is 51.5 Å². The lowest BCUT2D eigenvalue weighted by atomic mass is 9.95. The summed E-state index contributed by atoms with van der Waals surface area (Å²) in [6, 6.07) is 6.88. The number of unbranched alkanes of at least 4 members (excludes halogenated alkanes) is 1. The molecule has 0 fully saturated rings. The summed E-state index contributed by atoms with van der Waals surface area (Å²) in [6.07, 6.45) is 5.69. The summed E-state index contributed by atoms with van der Waals surface area (Å²) in [7, 11) is 1.58. The molecule has 0 saturated heterocycles. The second-order valence-electron chi connectivity index (χ2n) is 9.70. The first kappa shape index (κ1) is 30.6. The molecule has 1 unspecified atom stereocenters. The van der Waals surface area contributed by atoms with E-state index in [4.69, 9.17) is 9.47 Å². The van der Waals surface area contributed by atoms with E-state index < -0.39 is 5.25 Å². The number of nitrogens with one attached hydrogen (secondary N) is 2. The minimum atomic E-state index is -0.504. The van der Waals surface area contributed by atoms with Gasteiger partial charge in [-0.05, 0) is 75.8 Å². The monoisotopic (exact) mass is 599 g/mol. The van der Waals surface area contributed by atoms with Crippen LogP contribution in [0.15, 0.2) is 29.4 Å². The number of benzene rings is 1. The number of esters is 1. The molecule has 2 aromatic heterocycles. The first-order valence-electron chi connectivity index (χ1n) is 14.0. The number of aromatic nitrogens is 3. The molecule has 1 aliphatic rings. The Labute approximate surface area is 248 Å². The third kappa shape index (κ3) is 7.48.